The number of para-hydroxylation sites is 3. The van der Waals surface area contributed by atoms with Gasteiger partial charge in [0.25, 0.3) is 0 Å². The third kappa shape index (κ3) is 18.1. The molecule has 0 aliphatic heterocycles. The summed E-state index contributed by atoms with van der Waals surface area (Å²) in [4.78, 5) is 0. The summed E-state index contributed by atoms with van der Waals surface area (Å²) in [6.45, 7) is 60.9. The molecule has 0 bridgehead atoms. The quantitative estimate of drug-likeness (QED) is 0.167. The monoisotopic (exact) mass is 1740 g/mol. The molecule has 0 spiro atoms. The van der Waals surface area contributed by atoms with Crippen LogP contribution in [0.15, 0.2) is 303 Å². The van der Waals surface area contributed by atoms with Crippen molar-refractivity contribution in [3.05, 3.63) is 348 Å². The van der Waals surface area contributed by atoms with Gasteiger partial charge >= 0.3 is 0 Å². The van der Waals surface area contributed by atoms with Crippen molar-refractivity contribution in [2.45, 2.75) is 246 Å². The minimum atomic E-state index is 0.961. The standard InChI is InChI=1S/C29H21N.3C25H19N.12C2H6/c1-2-30-25-16-15-18-9-3-5-11-20(18)27(25)28-26-21-12-6-4-10-19(21)17-24(26)22-13-7-8-14-23(22)29(28)30;1-2-26-22-10-6-5-9-20(22)25-23(26)14-12-17-15-21-18-8-4-3-7-16(18)11-13-19(21)24(17)25;1-2-26-22-10-6-5-9-20(22)25-23(26)12-11-18-14-19-13-16-7-3-4-8-17(16)15-21(19)24(18)25;1-2-26-21-10-6-5-9-20(21)25-22(26)14-13-18-15-17-12-11-16-7-3-4-8-19(16)23(17)24(18)25;12*1-2/h3-16H,2,17H2,1H3;3-14H,2,15H2,1H3;3-13,15H,2,14H2,1H3;3-14H,2,15H2,1H3;12*1-2H3. The molecule has 0 amide bonds. The molecule has 0 radical (unpaired) electrons. The zero-order valence-electron chi connectivity index (χ0n) is 85.3. The first-order chi connectivity index (χ1) is 65.4. The Balaban J connectivity index is 0.000000170. The number of aromatic nitrogens is 4. The number of benzene rings is 17. The van der Waals surface area contributed by atoms with Crippen molar-refractivity contribution in [3.63, 3.8) is 0 Å². The molecule has 4 heteroatoms. The molecule has 4 aliphatic carbocycles. The Morgan fingerprint density at radius 2 is 0.500 bits per heavy atom. The van der Waals surface area contributed by atoms with E-state index in [1.165, 1.54) is 230 Å². The van der Waals surface area contributed by atoms with Crippen molar-refractivity contribution < 1.29 is 0 Å². The first-order valence-corrected chi connectivity index (χ1v) is 51.0. The van der Waals surface area contributed by atoms with Crippen molar-refractivity contribution in [3.8, 4) is 44.5 Å². The van der Waals surface area contributed by atoms with Gasteiger partial charge in [0.1, 0.15) is 0 Å². The van der Waals surface area contributed by atoms with Gasteiger partial charge in [-0.2, -0.15) is 0 Å². The van der Waals surface area contributed by atoms with E-state index >= 15 is 0 Å². The highest BCUT2D eigenvalue weighted by molar-refractivity contribution is 6.31. The van der Waals surface area contributed by atoms with E-state index in [2.05, 4.69) is 349 Å². The minimum absolute atomic E-state index is 0.961. The van der Waals surface area contributed by atoms with E-state index in [9.17, 15) is 0 Å². The lowest BCUT2D eigenvalue weighted by Crippen LogP contribution is -1.95. The summed E-state index contributed by atoms with van der Waals surface area (Å²) in [6.07, 6.45) is 4.13. The molecular weight excluding hydrogens is 1590 g/mol. The van der Waals surface area contributed by atoms with Crippen LogP contribution in [-0.4, -0.2) is 18.3 Å². The number of aryl methyl sites for hydroxylation is 4. The van der Waals surface area contributed by atoms with Crippen molar-refractivity contribution >= 4 is 141 Å². The van der Waals surface area contributed by atoms with Gasteiger partial charge in [-0.25, -0.2) is 0 Å². The van der Waals surface area contributed by atoms with Crippen LogP contribution in [0.4, 0.5) is 0 Å². The van der Waals surface area contributed by atoms with E-state index in [1.54, 1.807) is 0 Å². The van der Waals surface area contributed by atoms with Gasteiger partial charge in [-0.3, -0.25) is 0 Å². The molecule has 0 atom stereocenters. The highest BCUT2D eigenvalue weighted by Gasteiger charge is 2.32. The average molecular weight is 1740 g/mol. The van der Waals surface area contributed by atoms with Crippen molar-refractivity contribution in [1.29, 1.82) is 0 Å². The summed E-state index contributed by atoms with van der Waals surface area (Å²) in [7, 11) is 0. The summed E-state index contributed by atoms with van der Waals surface area (Å²) in [5.41, 5.74) is 34.0. The fourth-order valence-corrected chi connectivity index (χ4v) is 20.5. The molecular formula is C128H150N4. The maximum Gasteiger partial charge on any atom is 0.0577 e. The van der Waals surface area contributed by atoms with E-state index in [0.29, 0.717) is 0 Å². The Kier molecular flexibility index (Phi) is 37.2. The molecule has 132 heavy (non-hydrogen) atoms. The maximum atomic E-state index is 2.53. The van der Waals surface area contributed by atoms with E-state index < -0.39 is 0 Å². The second-order valence-electron chi connectivity index (χ2n) is 30.2. The maximum absolute atomic E-state index is 2.53. The van der Waals surface area contributed by atoms with Crippen molar-refractivity contribution in [2.75, 3.05) is 0 Å². The average Bonchev–Trinajstić information content (AvgIpc) is 1.54. The molecule has 0 saturated heterocycles. The second-order valence-corrected chi connectivity index (χ2v) is 30.2. The largest absolute Gasteiger partial charge is 0.341 e. The van der Waals surface area contributed by atoms with Gasteiger partial charge in [-0.05, 0) is 239 Å². The van der Waals surface area contributed by atoms with Gasteiger partial charge in [0, 0.05) is 113 Å². The molecule has 4 heterocycles. The lowest BCUT2D eigenvalue weighted by molar-refractivity contribution is 0.827. The van der Waals surface area contributed by atoms with Crippen LogP contribution in [-0.2, 0) is 51.9 Å². The Hall–Kier alpha value is -12.8. The lowest BCUT2D eigenvalue weighted by Gasteiger charge is -2.12. The van der Waals surface area contributed by atoms with Gasteiger partial charge < -0.3 is 18.3 Å². The zero-order chi connectivity index (χ0) is 95.6. The Bertz CT molecular complexity index is 7330. The van der Waals surface area contributed by atoms with Crippen LogP contribution in [0, 0.1) is 0 Å². The topological polar surface area (TPSA) is 19.7 Å². The van der Waals surface area contributed by atoms with Crippen molar-refractivity contribution in [1.82, 2.24) is 18.3 Å². The highest BCUT2D eigenvalue weighted by Crippen LogP contribution is 2.54. The van der Waals surface area contributed by atoms with Gasteiger partial charge in [0.05, 0.1) is 5.52 Å². The van der Waals surface area contributed by atoms with E-state index in [-0.39, 0.29) is 0 Å². The molecule has 0 unspecified atom stereocenters. The van der Waals surface area contributed by atoms with Gasteiger partial charge in [0.15, 0.2) is 0 Å². The molecule has 0 fully saturated rings. The summed E-state index contributed by atoms with van der Waals surface area (Å²) in [5.74, 6) is 0. The smallest absolute Gasteiger partial charge is 0.0577 e. The number of rotatable bonds is 4. The SMILES string of the molecule is CC.CC.CC.CC.CC.CC.CC.CC.CC.CC.CC.CC.CCn1c2ccc3ccccc3c2c2c3c(c4ccccc4c21)Cc1ccccc1-3.CCn1c2ccccc2c2c3c(ccc21)Cc1c-3ccc2ccccc12.CCn1c2ccccc2c2c3c(ccc21)Cc1cc2ccccc2cc1-3.CCn1c2ccccc2c2c3c(ccc21)Cc1ccc2ccccc2c1-3. The van der Waals surface area contributed by atoms with Gasteiger partial charge in [0.2, 0.25) is 0 Å². The molecule has 17 aromatic carbocycles. The fourth-order valence-electron chi connectivity index (χ4n) is 20.5. The van der Waals surface area contributed by atoms with E-state index in [4.69, 9.17) is 0 Å². The Morgan fingerprint density at radius 1 is 0.174 bits per heavy atom. The molecule has 0 saturated carbocycles. The predicted octanol–water partition coefficient (Wildman–Crippen LogP) is 39.6. The lowest BCUT2D eigenvalue weighted by atomic mass is 9.92. The van der Waals surface area contributed by atoms with Crippen LogP contribution in [0.3, 0.4) is 0 Å². The predicted molar refractivity (Wildman–Crippen MR) is 597 cm³/mol. The number of hydrogen-bond acceptors (Lipinski definition) is 0. The van der Waals surface area contributed by atoms with Gasteiger partial charge in [-0.15, -0.1) is 0 Å². The summed E-state index contributed by atoms with van der Waals surface area (Å²) >= 11 is 0. The molecule has 25 rings (SSSR count). The first kappa shape index (κ1) is 101. The summed E-state index contributed by atoms with van der Waals surface area (Å²) < 4.78 is 9.88. The van der Waals surface area contributed by atoms with Crippen LogP contribution in [0.1, 0.15) is 238 Å². The number of hydrogen-bond donors (Lipinski definition) is 0. The zero-order valence-corrected chi connectivity index (χ0v) is 85.3. The van der Waals surface area contributed by atoms with Crippen LogP contribution < -0.4 is 0 Å². The normalized spacial score (nSPS) is 11.0. The van der Waals surface area contributed by atoms with Crippen molar-refractivity contribution in [2.24, 2.45) is 0 Å². The molecule has 21 aromatic rings. The minimum Gasteiger partial charge on any atom is -0.341 e. The molecule has 4 aromatic heterocycles. The molecule has 0 N–H and O–H groups in total. The number of fused-ring (bicyclic) bond motifs is 38. The highest BCUT2D eigenvalue weighted by atomic mass is 15.0. The molecule has 682 valence electrons. The van der Waals surface area contributed by atoms with Crippen LogP contribution in [0.5, 0.6) is 0 Å². The van der Waals surface area contributed by atoms with E-state index in [0.717, 1.165) is 51.9 Å². The van der Waals surface area contributed by atoms with E-state index in [1.807, 2.05) is 166 Å². The Morgan fingerprint density at radius 3 is 1.01 bits per heavy atom. The third-order valence-corrected chi connectivity index (χ3v) is 25.0. The summed E-state index contributed by atoms with van der Waals surface area (Å²) in [6, 6.07) is 112. The van der Waals surface area contributed by atoms with Gasteiger partial charge in [-0.1, -0.05) is 421 Å². The fraction of sp³-hybridized carbons (Fsp3) is 0.281. The summed E-state index contributed by atoms with van der Waals surface area (Å²) in [5, 5.41) is 24.8. The molecule has 4 nitrogen and oxygen atoms in total. The van der Waals surface area contributed by atoms with Crippen LogP contribution in [0.2, 0.25) is 0 Å². The van der Waals surface area contributed by atoms with Crippen LogP contribution in [0.25, 0.3) is 186 Å². The first-order valence-electron chi connectivity index (χ1n) is 51.0. The second kappa shape index (κ2) is 48.4. The molecule has 4 aliphatic rings. The van der Waals surface area contributed by atoms with Crippen LogP contribution >= 0.6 is 0 Å². The number of nitrogens with zero attached hydrogens (tertiary/aromatic N) is 4. The Labute approximate surface area is 792 Å². The third-order valence-electron chi connectivity index (χ3n) is 25.0.